The Labute approximate surface area is 105 Å². The van der Waals surface area contributed by atoms with Gasteiger partial charge in [0.1, 0.15) is 5.75 Å². The number of sulfone groups is 1. The molecule has 2 N–H and O–H groups in total. The zero-order valence-electron chi connectivity index (χ0n) is 9.67. The Kier molecular flexibility index (Phi) is 3.06. The summed E-state index contributed by atoms with van der Waals surface area (Å²) in [6.45, 7) is 0. The highest BCUT2D eigenvalue weighted by Crippen LogP contribution is 2.36. The summed E-state index contributed by atoms with van der Waals surface area (Å²) in [5.74, 6) is -1.45. The predicted octanol–water partition coefficient (Wildman–Crippen LogP) is 0.824. The van der Waals surface area contributed by atoms with Gasteiger partial charge in [-0.25, -0.2) is 8.42 Å². The summed E-state index contributed by atoms with van der Waals surface area (Å²) in [5, 5.41) is 18.6. The molecule has 1 aromatic carbocycles. The van der Waals surface area contributed by atoms with E-state index in [9.17, 15) is 23.4 Å². The highest BCUT2D eigenvalue weighted by atomic mass is 32.2. The number of hydrogen-bond acceptors (Lipinski definition) is 4. The smallest absolute Gasteiger partial charge is 0.311 e. The number of phenolic OH excluding ortho intramolecular Hbond substituents is 1. The molecule has 0 bridgehead atoms. The van der Waals surface area contributed by atoms with E-state index in [4.69, 9.17) is 0 Å². The van der Waals surface area contributed by atoms with E-state index in [-0.39, 0.29) is 30.1 Å². The number of carboxylic acids is 1. The Balaban J connectivity index is 2.31. The SMILES string of the molecule is O=C(O)C1(Cc2cccc(O)c2)CCS(=O)(=O)C1. The third-order valence-corrected chi connectivity index (χ3v) is 5.11. The summed E-state index contributed by atoms with van der Waals surface area (Å²) in [6.07, 6.45) is 0.246. The number of carboxylic acid groups (broad SMARTS) is 1. The summed E-state index contributed by atoms with van der Waals surface area (Å²) >= 11 is 0. The van der Waals surface area contributed by atoms with Crippen LogP contribution in [0.2, 0.25) is 0 Å². The Hall–Kier alpha value is -1.56. The van der Waals surface area contributed by atoms with Gasteiger partial charge in [0.25, 0.3) is 0 Å². The Morgan fingerprint density at radius 1 is 1.39 bits per heavy atom. The van der Waals surface area contributed by atoms with Gasteiger partial charge in [0.05, 0.1) is 16.9 Å². The van der Waals surface area contributed by atoms with E-state index < -0.39 is 21.2 Å². The fraction of sp³-hybridized carbons (Fsp3) is 0.417. The lowest BCUT2D eigenvalue weighted by molar-refractivity contribution is -0.147. The van der Waals surface area contributed by atoms with Crippen LogP contribution >= 0.6 is 0 Å². The molecule has 1 aliphatic rings. The second-order valence-electron chi connectivity index (χ2n) is 4.77. The molecule has 18 heavy (non-hydrogen) atoms. The maximum absolute atomic E-state index is 11.5. The summed E-state index contributed by atoms with van der Waals surface area (Å²) in [7, 11) is -3.27. The molecular weight excluding hydrogens is 256 g/mol. The standard InChI is InChI=1S/C12H14O5S/c13-10-3-1-2-9(6-10)7-12(11(14)15)4-5-18(16,17)8-12/h1-3,6,13H,4-5,7-8H2,(H,14,15). The van der Waals surface area contributed by atoms with Crippen molar-refractivity contribution in [2.45, 2.75) is 12.8 Å². The van der Waals surface area contributed by atoms with Crippen LogP contribution in [0.4, 0.5) is 0 Å². The van der Waals surface area contributed by atoms with E-state index in [1.54, 1.807) is 12.1 Å². The molecule has 0 aliphatic carbocycles. The molecule has 0 aromatic heterocycles. The predicted molar refractivity (Wildman–Crippen MR) is 65.2 cm³/mol. The number of rotatable bonds is 3. The van der Waals surface area contributed by atoms with E-state index in [1.807, 2.05) is 0 Å². The monoisotopic (exact) mass is 270 g/mol. The average Bonchev–Trinajstić information content (AvgIpc) is 2.55. The molecule has 1 saturated heterocycles. The third-order valence-electron chi connectivity index (χ3n) is 3.29. The lowest BCUT2D eigenvalue weighted by atomic mass is 9.81. The van der Waals surface area contributed by atoms with Gasteiger partial charge >= 0.3 is 5.97 Å². The highest BCUT2D eigenvalue weighted by Gasteiger charge is 2.48. The third kappa shape index (κ3) is 2.48. The number of phenols is 1. The van der Waals surface area contributed by atoms with Gasteiger partial charge in [0.2, 0.25) is 0 Å². The first-order valence-corrected chi connectivity index (χ1v) is 7.37. The van der Waals surface area contributed by atoms with Crippen molar-refractivity contribution in [3.63, 3.8) is 0 Å². The van der Waals surface area contributed by atoms with Gasteiger partial charge in [-0.3, -0.25) is 4.79 Å². The first-order valence-electron chi connectivity index (χ1n) is 5.55. The van der Waals surface area contributed by atoms with Crippen LogP contribution in [-0.4, -0.2) is 36.1 Å². The van der Waals surface area contributed by atoms with E-state index in [2.05, 4.69) is 0 Å². The Morgan fingerprint density at radius 3 is 2.61 bits per heavy atom. The number of carbonyl (C=O) groups is 1. The van der Waals surface area contributed by atoms with Gasteiger partial charge in [0.15, 0.2) is 9.84 Å². The van der Waals surface area contributed by atoms with Crippen molar-refractivity contribution in [1.29, 1.82) is 0 Å². The van der Waals surface area contributed by atoms with Crippen molar-refractivity contribution in [3.8, 4) is 5.75 Å². The van der Waals surface area contributed by atoms with Crippen molar-refractivity contribution in [3.05, 3.63) is 29.8 Å². The molecule has 0 saturated carbocycles. The minimum Gasteiger partial charge on any atom is -0.508 e. The molecule has 0 radical (unpaired) electrons. The molecule has 5 nitrogen and oxygen atoms in total. The normalized spacial score (nSPS) is 26.0. The minimum absolute atomic E-state index is 0.0499. The maximum atomic E-state index is 11.5. The molecule has 1 heterocycles. The number of aromatic hydroxyl groups is 1. The Morgan fingerprint density at radius 2 is 2.11 bits per heavy atom. The first kappa shape index (κ1) is 12.9. The lowest BCUT2D eigenvalue weighted by Gasteiger charge is -2.22. The molecule has 1 atom stereocenters. The van der Waals surface area contributed by atoms with Gasteiger partial charge < -0.3 is 10.2 Å². The second-order valence-corrected chi connectivity index (χ2v) is 6.96. The highest BCUT2D eigenvalue weighted by molar-refractivity contribution is 7.91. The first-order chi connectivity index (χ1) is 8.33. The maximum Gasteiger partial charge on any atom is 0.311 e. The zero-order valence-corrected chi connectivity index (χ0v) is 10.5. The summed E-state index contributed by atoms with van der Waals surface area (Å²) < 4.78 is 23.0. The lowest BCUT2D eigenvalue weighted by Crippen LogP contribution is -2.34. The second kappa shape index (κ2) is 4.28. The van der Waals surface area contributed by atoms with Crippen LogP contribution in [0.15, 0.2) is 24.3 Å². The van der Waals surface area contributed by atoms with Crippen molar-refractivity contribution in [2.24, 2.45) is 5.41 Å². The molecule has 1 unspecified atom stereocenters. The van der Waals surface area contributed by atoms with Gasteiger partial charge in [0, 0.05) is 0 Å². The summed E-state index contributed by atoms with van der Waals surface area (Å²) in [4.78, 5) is 11.4. The van der Waals surface area contributed by atoms with E-state index >= 15 is 0 Å². The van der Waals surface area contributed by atoms with Crippen LogP contribution < -0.4 is 0 Å². The molecule has 0 amide bonds. The van der Waals surface area contributed by atoms with Crippen molar-refractivity contribution in [2.75, 3.05) is 11.5 Å². The van der Waals surface area contributed by atoms with Crippen LogP contribution in [0.25, 0.3) is 0 Å². The summed E-state index contributed by atoms with van der Waals surface area (Å²) in [5.41, 5.74) is -0.624. The van der Waals surface area contributed by atoms with E-state index in [1.165, 1.54) is 12.1 Å². The molecular formula is C12H14O5S. The number of aliphatic carboxylic acids is 1. The van der Waals surface area contributed by atoms with Crippen molar-refractivity contribution in [1.82, 2.24) is 0 Å². The van der Waals surface area contributed by atoms with Gasteiger partial charge in [-0.2, -0.15) is 0 Å². The van der Waals surface area contributed by atoms with Crippen LogP contribution in [0.5, 0.6) is 5.75 Å². The van der Waals surface area contributed by atoms with Gasteiger partial charge in [-0.1, -0.05) is 12.1 Å². The van der Waals surface area contributed by atoms with Gasteiger partial charge in [-0.15, -0.1) is 0 Å². The van der Waals surface area contributed by atoms with Crippen LogP contribution in [-0.2, 0) is 21.1 Å². The fourth-order valence-corrected chi connectivity index (χ4v) is 4.41. The largest absolute Gasteiger partial charge is 0.508 e. The molecule has 6 heteroatoms. The van der Waals surface area contributed by atoms with Crippen LogP contribution in [0, 0.1) is 5.41 Å². The van der Waals surface area contributed by atoms with Crippen LogP contribution in [0.3, 0.4) is 0 Å². The molecule has 0 spiro atoms. The number of benzene rings is 1. The average molecular weight is 270 g/mol. The van der Waals surface area contributed by atoms with E-state index in [0.29, 0.717) is 5.56 Å². The fourth-order valence-electron chi connectivity index (χ4n) is 2.36. The van der Waals surface area contributed by atoms with Crippen molar-refractivity contribution >= 4 is 15.8 Å². The van der Waals surface area contributed by atoms with Crippen molar-refractivity contribution < 1.29 is 23.4 Å². The molecule has 2 rings (SSSR count). The molecule has 1 aromatic rings. The minimum atomic E-state index is -3.27. The molecule has 1 aliphatic heterocycles. The quantitative estimate of drug-likeness (QED) is 0.848. The van der Waals surface area contributed by atoms with Crippen LogP contribution in [0.1, 0.15) is 12.0 Å². The zero-order chi connectivity index (χ0) is 13.4. The Bertz CT molecular complexity index is 578. The van der Waals surface area contributed by atoms with E-state index in [0.717, 1.165) is 0 Å². The summed E-state index contributed by atoms with van der Waals surface area (Å²) in [6, 6.07) is 6.26. The topological polar surface area (TPSA) is 91.7 Å². The molecule has 98 valence electrons. The number of hydrogen-bond donors (Lipinski definition) is 2. The van der Waals surface area contributed by atoms with Gasteiger partial charge in [-0.05, 0) is 30.5 Å². The molecule has 1 fully saturated rings.